The number of hydrogen-bond donors (Lipinski definition) is 2. The third-order valence-electron chi connectivity index (χ3n) is 4.76. The fraction of sp³-hybridized carbons (Fsp3) is 0.350. The van der Waals surface area contributed by atoms with Gasteiger partial charge in [-0.3, -0.25) is 9.69 Å². The predicted molar refractivity (Wildman–Crippen MR) is 114 cm³/mol. The molecule has 1 aliphatic heterocycles. The van der Waals surface area contributed by atoms with Crippen LogP contribution in [0.4, 0.5) is 0 Å². The Hall–Kier alpha value is -1.30. The van der Waals surface area contributed by atoms with E-state index >= 15 is 0 Å². The summed E-state index contributed by atoms with van der Waals surface area (Å²) in [6.45, 7) is 3.21. The predicted octanol–water partition coefficient (Wildman–Crippen LogP) is 4.27. The molecule has 146 valence electrons. The fourth-order valence-corrected chi connectivity index (χ4v) is 3.51. The normalized spacial score (nSPS) is 15.2. The maximum Gasteiger partial charge on any atom is 0.251 e. The molecule has 1 fully saturated rings. The number of rotatable bonds is 5. The minimum absolute atomic E-state index is 0. The molecule has 0 atom stereocenters. The van der Waals surface area contributed by atoms with Crippen molar-refractivity contribution in [2.45, 2.75) is 32.0 Å². The lowest BCUT2D eigenvalue weighted by molar-refractivity contribution is 0.0909. The number of carbonyl (C=O) groups excluding carboxylic acids is 1. The Morgan fingerprint density at radius 3 is 2.26 bits per heavy atom. The molecule has 3 rings (SSSR count). The van der Waals surface area contributed by atoms with E-state index in [-0.39, 0.29) is 24.4 Å². The summed E-state index contributed by atoms with van der Waals surface area (Å²) in [6, 6.07) is 13.4. The van der Waals surface area contributed by atoms with Crippen molar-refractivity contribution in [1.82, 2.24) is 10.2 Å². The Balaban J connectivity index is 0.00000261. The smallest absolute Gasteiger partial charge is 0.251 e. The molecule has 0 aromatic heterocycles. The molecule has 2 aromatic rings. The maximum absolute atomic E-state index is 12.4. The molecule has 0 saturated carbocycles. The topological polar surface area (TPSA) is 58.4 Å². The number of carbonyl (C=O) groups is 1. The molecule has 1 aliphatic rings. The van der Waals surface area contributed by atoms with Gasteiger partial charge in [-0.2, -0.15) is 0 Å². The van der Waals surface area contributed by atoms with Crippen molar-refractivity contribution in [3.05, 3.63) is 69.2 Å². The second-order valence-electron chi connectivity index (χ2n) is 6.67. The summed E-state index contributed by atoms with van der Waals surface area (Å²) in [6.07, 6.45) is 1.88. The third-order valence-corrected chi connectivity index (χ3v) is 5.50. The first-order chi connectivity index (χ1) is 12.5. The zero-order valence-electron chi connectivity index (χ0n) is 15.0. The van der Waals surface area contributed by atoms with Gasteiger partial charge in [0.05, 0.1) is 10.0 Å². The van der Waals surface area contributed by atoms with Crippen LogP contribution in [0.3, 0.4) is 0 Å². The number of benzene rings is 2. The van der Waals surface area contributed by atoms with Gasteiger partial charge < -0.3 is 11.1 Å². The Morgan fingerprint density at radius 2 is 1.67 bits per heavy atom. The first kappa shape index (κ1) is 22.0. The van der Waals surface area contributed by atoms with Crippen LogP contribution in [-0.4, -0.2) is 29.9 Å². The van der Waals surface area contributed by atoms with E-state index < -0.39 is 0 Å². The minimum atomic E-state index is -0.0171. The van der Waals surface area contributed by atoms with Crippen molar-refractivity contribution in [2.75, 3.05) is 13.1 Å². The number of halogens is 3. The first-order valence-electron chi connectivity index (χ1n) is 8.81. The van der Waals surface area contributed by atoms with E-state index in [4.69, 9.17) is 28.9 Å². The Morgan fingerprint density at radius 1 is 1.04 bits per heavy atom. The second-order valence-corrected chi connectivity index (χ2v) is 7.49. The molecular formula is C20H24Cl3N3O. The molecule has 0 aliphatic carbocycles. The van der Waals surface area contributed by atoms with Crippen LogP contribution in [0.1, 0.15) is 34.3 Å². The standard InChI is InChI=1S/C20H23Cl2N3O.ClH/c21-18-6-3-15(11-19(18)22)13-25-9-7-17(8-10-25)24-20(26)16-4-1-14(12-23)2-5-16;/h1-6,11,17H,7-10,12-13,23H2,(H,24,26);1H. The van der Waals surface area contributed by atoms with Gasteiger partial charge >= 0.3 is 0 Å². The number of nitrogens with one attached hydrogen (secondary N) is 1. The molecule has 4 nitrogen and oxygen atoms in total. The molecule has 0 spiro atoms. The number of nitrogens with zero attached hydrogens (tertiary/aromatic N) is 1. The van der Waals surface area contributed by atoms with Crippen LogP contribution < -0.4 is 11.1 Å². The van der Waals surface area contributed by atoms with Gasteiger partial charge in [0.25, 0.3) is 5.91 Å². The number of nitrogens with two attached hydrogens (primary N) is 1. The molecule has 1 saturated heterocycles. The highest BCUT2D eigenvalue weighted by molar-refractivity contribution is 6.42. The van der Waals surface area contributed by atoms with Crippen molar-refractivity contribution in [3.8, 4) is 0 Å². The number of piperidine rings is 1. The molecule has 0 unspecified atom stereocenters. The largest absolute Gasteiger partial charge is 0.349 e. The SMILES string of the molecule is Cl.NCc1ccc(C(=O)NC2CCN(Cc3ccc(Cl)c(Cl)c3)CC2)cc1. The molecule has 1 amide bonds. The lowest BCUT2D eigenvalue weighted by atomic mass is 10.0. The molecular weight excluding hydrogens is 405 g/mol. The van der Waals surface area contributed by atoms with E-state index in [1.807, 2.05) is 42.5 Å². The summed E-state index contributed by atoms with van der Waals surface area (Å²) in [5, 5.41) is 4.31. The highest BCUT2D eigenvalue weighted by Crippen LogP contribution is 2.24. The zero-order valence-corrected chi connectivity index (χ0v) is 17.3. The van der Waals surface area contributed by atoms with Crippen LogP contribution in [0, 0.1) is 0 Å². The fourth-order valence-electron chi connectivity index (χ4n) is 3.19. The van der Waals surface area contributed by atoms with Crippen LogP contribution in [0.5, 0.6) is 0 Å². The van der Waals surface area contributed by atoms with Crippen molar-refractivity contribution in [3.63, 3.8) is 0 Å². The van der Waals surface area contributed by atoms with Crippen molar-refractivity contribution >= 4 is 41.5 Å². The monoisotopic (exact) mass is 427 g/mol. The van der Waals surface area contributed by atoms with E-state index in [9.17, 15) is 4.79 Å². The lowest BCUT2D eigenvalue weighted by Gasteiger charge is -2.32. The highest BCUT2D eigenvalue weighted by atomic mass is 35.5. The van der Waals surface area contributed by atoms with E-state index in [0.29, 0.717) is 22.2 Å². The second kappa shape index (κ2) is 10.3. The number of amides is 1. The van der Waals surface area contributed by atoms with Gasteiger partial charge in [-0.15, -0.1) is 12.4 Å². The molecule has 27 heavy (non-hydrogen) atoms. The summed E-state index contributed by atoms with van der Waals surface area (Å²) in [7, 11) is 0. The quantitative estimate of drug-likeness (QED) is 0.748. The average molecular weight is 429 g/mol. The average Bonchev–Trinajstić information content (AvgIpc) is 2.66. The molecule has 2 aromatic carbocycles. The van der Waals surface area contributed by atoms with Gasteiger partial charge in [-0.25, -0.2) is 0 Å². The van der Waals surface area contributed by atoms with Gasteiger partial charge in [0.2, 0.25) is 0 Å². The van der Waals surface area contributed by atoms with Gasteiger partial charge in [-0.1, -0.05) is 41.4 Å². The van der Waals surface area contributed by atoms with E-state index in [1.165, 1.54) is 0 Å². The summed E-state index contributed by atoms with van der Waals surface area (Å²) in [4.78, 5) is 14.7. The molecule has 1 heterocycles. The van der Waals surface area contributed by atoms with Crippen LogP contribution in [0.2, 0.25) is 10.0 Å². The maximum atomic E-state index is 12.4. The molecule has 0 bridgehead atoms. The van der Waals surface area contributed by atoms with Gasteiger partial charge in [0, 0.05) is 37.8 Å². The van der Waals surface area contributed by atoms with Crippen molar-refractivity contribution in [2.24, 2.45) is 5.73 Å². The summed E-state index contributed by atoms with van der Waals surface area (Å²) < 4.78 is 0. The minimum Gasteiger partial charge on any atom is -0.349 e. The van der Waals surface area contributed by atoms with Crippen LogP contribution in [0.15, 0.2) is 42.5 Å². The van der Waals surface area contributed by atoms with E-state index in [2.05, 4.69) is 10.2 Å². The van der Waals surface area contributed by atoms with Crippen LogP contribution >= 0.6 is 35.6 Å². The summed E-state index contributed by atoms with van der Waals surface area (Å²) >= 11 is 12.1. The number of hydrogen-bond acceptors (Lipinski definition) is 3. The Bertz CT molecular complexity index is 760. The molecule has 0 radical (unpaired) electrons. The number of likely N-dealkylation sites (tertiary alicyclic amines) is 1. The first-order valence-corrected chi connectivity index (χ1v) is 9.57. The zero-order chi connectivity index (χ0) is 18.5. The lowest BCUT2D eigenvalue weighted by Crippen LogP contribution is -2.44. The molecule has 3 N–H and O–H groups in total. The Kier molecular flexibility index (Phi) is 8.39. The van der Waals surface area contributed by atoms with E-state index in [0.717, 1.165) is 43.6 Å². The Labute approximate surface area is 176 Å². The van der Waals surface area contributed by atoms with Crippen molar-refractivity contribution < 1.29 is 4.79 Å². The summed E-state index contributed by atoms with van der Waals surface area (Å²) in [5.74, 6) is -0.0171. The van der Waals surface area contributed by atoms with E-state index in [1.54, 1.807) is 0 Å². The van der Waals surface area contributed by atoms with Gasteiger partial charge in [0.1, 0.15) is 0 Å². The van der Waals surface area contributed by atoms with Crippen LogP contribution in [0.25, 0.3) is 0 Å². The third kappa shape index (κ3) is 6.09. The summed E-state index contributed by atoms with van der Waals surface area (Å²) in [5.41, 5.74) is 8.45. The van der Waals surface area contributed by atoms with Gasteiger partial charge in [0.15, 0.2) is 0 Å². The van der Waals surface area contributed by atoms with Crippen LogP contribution in [-0.2, 0) is 13.1 Å². The van der Waals surface area contributed by atoms with Gasteiger partial charge in [-0.05, 0) is 48.2 Å². The highest BCUT2D eigenvalue weighted by Gasteiger charge is 2.21. The molecule has 7 heteroatoms. The van der Waals surface area contributed by atoms with Crippen molar-refractivity contribution in [1.29, 1.82) is 0 Å².